The van der Waals surface area contributed by atoms with Crippen LogP contribution in [0.15, 0.2) is 24.4 Å². The smallest absolute Gasteiger partial charge is 0.339 e. The molecule has 0 saturated heterocycles. The average Bonchev–Trinajstić information content (AvgIpc) is 3.04. The number of aromatic carboxylic acids is 1. The van der Waals surface area contributed by atoms with Crippen LogP contribution < -0.4 is 4.74 Å². The highest BCUT2D eigenvalue weighted by atomic mass is 16.5. The van der Waals surface area contributed by atoms with Crippen molar-refractivity contribution >= 4 is 16.9 Å². The van der Waals surface area contributed by atoms with Gasteiger partial charge in [-0.3, -0.25) is 5.10 Å². The minimum atomic E-state index is -1.01. The Balaban J connectivity index is 2.45. The highest BCUT2D eigenvalue weighted by molar-refractivity contribution is 6.05. The maximum absolute atomic E-state index is 11.4. The second-order valence-electron chi connectivity index (χ2n) is 4.84. The van der Waals surface area contributed by atoms with Gasteiger partial charge in [0, 0.05) is 18.3 Å². The fraction of sp³-hybridized carbons (Fsp3) is 0.200. The third-order valence-corrected chi connectivity index (χ3v) is 3.82. The number of nitrogens with one attached hydrogen (secondary N) is 1. The van der Waals surface area contributed by atoms with Crippen LogP contribution in [0.1, 0.15) is 16.1 Å². The van der Waals surface area contributed by atoms with E-state index in [1.165, 1.54) is 6.20 Å². The molecule has 0 bridgehead atoms. The summed E-state index contributed by atoms with van der Waals surface area (Å²) >= 11 is 0. The fourth-order valence-electron chi connectivity index (χ4n) is 2.69. The Morgan fingerprint density at radius 1 is 1.43 bits per heavy atom. The third kappa shape index (κ3) is 1.79. The quantitative estimate of drug-likeness (QED) is 0.775. The number of carbonyl (C=O) groups is 1. The molecule has 21 heavy (non-hydrogen) atoms. The molecule has 0 atom stereocenters. The predicted octanol–water partition coefficient (Wildman–Crippen LogP) is 2.58. The Bertz CT molecular complexity index is 845. The topological polar surface area (TPSA) is 80.1 Å². The first-order valence-corrected chi connectivity index (χ1v) is 6.45. The van der Waals surface area contributed by atoms with Crippen LogP contribution in [0.2, 0.25) is 0 Å². The number of aromatic nitrogens is 3. The molecule has 2 aromatic heterocycles. The Morgan fingerprint density at radius 3 is 2.86 bits per heavy atom. The Labute approximate surface area is 121 Å². The molecule has 6 nitrogen and oxygen atoms in total. The number of rotatable bonds is 3. The van der Waals surface area contributed by atoms with Crippen LogP contribution in [0.5, 0.6) is 5.75 Å². The molecular weight excluding hydrogens is 270 g/mol. The van der Waals surface area contributed by atoms with Crippen molar-refractivity contribution in [3.05, 3.63) is 35.7 Å². The van der Waals surface area contributed by atoms with E-state index in [9.17, 15) is 9.90 Å². The van der Waals surface area contributed by atoms with E-state index >= 15 is 0 Å². The molecular formula is C15H15N3O3. The van der Waals surface area contributed by atoms with Crippen LogP contribution in [0.4, 0.5) is 0 Å². The van der Waals surface area contributed by atoms with Crippen LogP contribution in [-0.2, 0) is 7.05 Å². The lowest BCUT2D eigenvalue weighted by molar-refractivity contribution is 0.0698. The maximum atomic E-state index is 11.4. The molecule has 2 heterocycles. The van der Waals surface area contributed by atoms with Crippen LogP contribution in [-0.4, -0.2) is 33.0 Å². The number of nitrogens with zero attached hydrogens (tertiary/aromatic N) is 2. The standard InChI is InChI=1S/C15H15N3O3/c1-8-12(14-9(15(19)20)7-16-17-14)13-10(18(8)2)5-4-6-11(13)21-3/h4-7H,1-3H3,(H,16,17)(H,19,20). The number of carboxylic acid groups (broad SMARTS) is 1. The summed E-state index contributed by atoms with van der Waals surface area (Å²) in [5, 5.41) is 16.9. The third-order valence-electron chi connectivity index (χ3n) is 3.82. The second kappa shape index (κ2) is 4.66. The van der Waals surface area contributed by atoms with Gasteiger partial charge in [0.05, 0.1) is 29.9 Å². The monoisotopic (exact) mass is 285 g/mol. The molecule has 0 fully saturated rings. The zero-order valence-electron chi connectivity index (χ0n) is 12.0. The van der Waals surface area contributed by atoms with Crippen LogP contribution >= 0.6 is 0 Å². The number of hydrogen-bond donors (Lipinski definition) is 2. The highest BCUT2D eigenvalue weighted by Crippen LogP contribution is 2.39. The van der Waals surface area contributed by atoms with Gasteiger partial charge >= 0.3 is 5.97 Å². The number of ether oxygens (including phenoxy) is 1. The Morgan fingerprint density at radius 2 is 2.19 bits per heavy atom. The first-order chi connectivity index (χ1) is 10.1. The minimum absolute atomic E-state index is 0.150. The largest absolute Gasteiger partial charge is 0.496 e. The number of benzene rings is 1. The molecule has 0 radical (unpaired) electrons. The van der Waals surface area contributed by atoms with Crippen molar-refractivity contribution < 1.29 is 14.6 Å². The molecule has 1 aromatic carbocycles. The number of hydrogen-bond acceptors (Lipinski definition) is 3. The van der Waals surface area contributed by atoms with Crippen molar-refractivity contribution in [3.8, 4) is 17.0 Å². The van der Waals surface area contributed by atoms with E-state index in [1.807, 2.05) is 36.7 Å². The number of H-pyrrole nitrogens is 1. The van der Waals surface area contributed by atoms with Crippen molar-refractivity contribution in [3.63, 3.8) is 0 Å². The van der Waals surface area contributed by atoms with E-state index < -0.39 is 5.97 Å². The summed E-state index contributed by atoms with van der Waals surface area (Å²) in [6, 6.07) is 5.75. The van der Waals surface area contributed by atoms with Crippen LogP contribution in [0.25, 0.3) is 22.2 Å². The summed E-state index contributed by atoms with van der Waals surface area (Å²) in [4.78, 5) is 11.4. The van der Waals surface area contributed by atoms with Gasteiger partial charge in [-0.05, 0) is 19.1 Å². The zero-order valence-corrected chi connectivity index (χ0v) is 12.0. The summed E-state index contributed by atoms with van der Waals surface area (Å²) in [6.45, 7) is 1.95. The molecule has 0 aliphatic rings. The summed E-state index contributed by atoms with van der Waals surface area (Å²) in [5.41, 5.74) is 3.38. The molecule has 0 aliphatic heterocycles. The van der Waals surface area contributed by atoms with E-state index in [0.717, 1.165) is 22.2 Å². The number of carboxylic acids is 1. The normalized spacial score (nSPS) is 11.0. The van der Waals surface area contributed by atoms with Gasteiger partial charge in [-0.1, -0.05) is 6.07 Å². The fourth-order valence-corrected chi connectivity index (χ4v) is 2.69. The Kier molecular flexibility index (Phi) is 2.94. The van der Waals surface area contributed by atoms with Gasteiger partial charge < -0.3 is 14.4 Å². The van der Waals surface area contributed by atoms with Gasteiger partial charge in [0.2, 0.25) is 0 Å². The molecule has 6 heteroatoms. The Hall–Kier alpha value is -2.76. The molecule has 2 N–H and O–H groups in total. The van der Waals surface area contributed by atoms with Gasteiger partial charge in [-0.2, -0.15) is 5.10 Å². The zero-order chi connectivity index (χ0) is 15.1. The van der Waals surface area contributed by atoms with E-state index in [0.29, 0.717) is 11.4 Å². The van der Waals surface area contributed by atoms with Crippen LogP contribution in [0.3, 0.4) is 0 Å². The van der Waals surface area contributed by atoms with E-state index in [2.05, 4.69) is 10.2 Å². The highest BCUT2D eigenvalue weighted by Gasteiger charge is 2.23. The maximum Gasteiger partial charge on any atom is 0.339 e. The molecule has 0 amide bonds. The first-order valence-electron chi connectivity index (χ1n) is 6.45. The SMILES string of the molecule is COc1cccc2c1c(-c1[nH]ncc1C(=O)O)c(C)n2C. The summed E-state index contributed by atoms with van der Waals surface area (Å²) in [7, 11) is 3.55. The van der Waals surface area contributed by atoms with Crippen molar-refractivity contribution in [1.29, 1.82) is 0 Å². The number of fused-ring (bicyclic) bond motifs is 1. The second-order valence-corrected chi connectivity index (χ2v) is 4.84. The minimum Gasteiger partial charge on any atom is -0.496 e. The van der Waals surface area contributed by atoms with Gasteiger partial charge in [-0.25, -0.2) is 4.79 Å². The summed E-state index contributed by atoms with van der Waals surface area (Å²) in [6.07, 6.45) is 1.32. The molecule has 0 saturated carbocycles. The molecule has 3 aromatic rings. The van der Waals surface area contributed by atoms with E-state index in [1.54, 1.807) is 7.11 Å². The molecule has 0 unspecified atom stereocenters. The van der Waals surface area contributed by atoms with E-state index in [4.69, 9.17) is 4.74 Å². The lowest BCUT2D eigenvalue weighted by Gasteiger charge is -2.05. The predicted molar refractivity (Wildman–Crippen MR) is 78.7 cm³/mol. The number of aromatic amines is 1. The average molecular weight is 285 g/mol. The number of methoxy groups -OCH3 is 1. The summed E-state index contributed by atoms with van der Waals surface area (Å²) in [5.74, 6) is -0.304. The molecule has 0 aliphatic carbocycles. The lowest BCUT2D eigenvalue weighted by Crippen LogP contribution is -1.98. The van der Waals surface area contributed by atoms with E-state index in [-0.39, 0.29) is 5.56 Å². The first kappa shape index (κ1) is 13.2. The van der Waals surface area contributed by atoms with Gasteiger partial charge in [-0.15, -0.1) is 0 Å². The molecule has 108 valence electrons. The molecule has 0 spiro atoms. The molecule has 3 rings (SSSR count). The van der Waals surface area contributed by atoms with Crippen molar-refractivity contribution in [2.24, 2.45) is 7.05 Å². The van der Waals surface area contributed by atoms with Gasteiger partial charge in [0.1, 0.15) is 11.3 Å². The number of aryl methyl sites for hydroxylation is 1. The lowest BCUT2D eigenvalue weighted by atomic mass is 10.0. The van der Waals surface area contributed by atoms with Crippen molar-refractivity contribution in [1.82, 2.24) is 14.8 Å². The van der Waals surface area contributed by atoms with Crippen molar-refractivity contribution in [2.75, 3.05) is 7.11 Å². The van der Waals surface area contributed by atoms with Crippen molar-refractivity contribution in [2.45, 2.75) is 6.92 Å². The van der Waals surface area contributed by atoms with Crippen LogP contribution in [0, 0.1) is 6.92 Å². The van der Waals surface area contributed by atoms with Gasteiger partial charge in [0.25, 0.3) is 0 Å². The summed E-state index contributed by atoms with van der Waals surface area (Å²) < 4.78 is 7.45. The van der Waals surface area contributed by atoms with Gasteiger partial charge in [0.15, 0.2) is 0 Å².